The van der Waals surface area contributed by atoms with E-state index in [0.29, 0.717) is 28.6 Å². The predicted octanol–water partition coefficient (Wildman–Crippen LogP) is 8.39. The number of nitrogens with zero attached hydrogens (tertiary/aromatic N) is 5. The summed E-state index contributed by atoms with van der Waals surface area (Å²) in [7, 11) is 0. The van der Waals surface area contributed by atoms with Crippen LogP contribution >= 0.6 is 0 Å². The summed E-state index contributed by atoms with van der Waals surface area (Å²) >= 11 is 0. The number of anilines is 3. The Morgan fingerprint density at radius 2 is 1.28 bits per heavy atom. The van der Waals surface area contributed by atoms with Crippen molar-refractivity contribution in [3.05, 3.63) is 146 Å². The molecule has 0 atom stereocenters. The number of pyridine rings is 1. The van der Waals surface area contributed by atoms with E-state index < -0.39 is 0 Å². The van der Waals surface area contributed by atoms with Crippen molar-refractivity contribution in [3.8, 4) is 39.9 Å². The molecule has 0 radical (unpaired) electrons. The first-order valence-electron chi connectivity index (χ1n) is 13.6. The van der Waals surface area contributed by atoms with Crippen molar-refractivity contribution in [2.75, 3.05) is 4.90 Å². The minimum Gasteiger partial charge on any atom is -0.507 e. The third-order valence-corrected chi connectivity index (χ3v) is 6.96. The first-order chi connectivity index (χ1) is 20.7. The Kier molecular flexibility index (Phi) is 8.03. The molecule has 0 aliphatic rings. The molecule has 0 unspecified atom stereocenters. The maximum Gasteiger partial charge on any atom is 0.158 e. The molecule has 0 aliphatic carbocycles. The molecule has 0 saturated heterocycles. The van der Waals surface area contributed by atoms with E-state index in [1.807, 2.05) is 91.0 Å². The molecule has 7 heteroatoms. The average Bonchev–Trinajstić information content (AvgIpc) is 3.06. The maximum atomic E-state index is 10.6. The first kappa shape index (κ1) is 28.0. The molecule has 210 valence electrons. The molecule has 0 aliphatic heterocycles. The van der Waals surface area contributed by atoms with Crippen LogP contribution in [0.5, 0.6) is 5.75 Å². The quantitative estimate of drug-likeness (QED) is 0.173. The largest absolute Gasteiger partial charge is 0.507 e. The number of hydrogen-bond acceptors (Lipinski definition) is 6. The number of aromatic nitrogens is 4. The number of hydrogen-bond donors (Lipinski definition) is 1. The summed E-state index contributed by atoms with van der Waals surface area (Å²) in [5, 5.41) is 12.8. The molecule has 5 aromatic carbocycles. The number of phenolic OH excluding ortho intramolecular Hbond substituents is 1. The molecule has 0 saturated carbocycles. The number of fused-ring (bicyclic) bond motifs is 1. The van der Waals surface area contributed by atoms with E-state index >= 15 is 0 Å². The summed E-state index contributed by atoms with van der Waals surface area (Å²) in [5.74, 6) is 2.20. The fourth-order valence-corrected chi connectivity index (χ4v) is 4.98. The molecular weight excluding hydrogens is 714 g/mol. The van der Waals surface area contributed by atoms with Crippen LogP contribution in [-0.4, -0.2) is 25.0 Å². The van der Waals surface area contributed by atoms with Crippen molar-refractivity contribution in [1.29, 1.82) is 0 Å². The Morgan fingerprint density at radius 3 is 2.12 bits per heavy atom. The third-order valence-electron chi connectivity index (χ3n) is 6.96. The number of para-hydroxylation sites is 1. The Balaban J connectivity index is 0.00000329. The molecule has 7 aromatic rings. The van der Waals surface area contributed by atoms with Gasteiger partial charge in [0.2, 0.25) is 0 Å². The van der Waals surface area contributed by atoms with Crippen LogP contribution in [0.4, 0.5) is 17.2 Å². The van der Waals surface area contributed by atoms with E-state index in [9.17, 15) is 5.11 Å². The van der Waals surface area contributed by atoms with Gasteiger partial charge in [0, 0.05) is 38.2 Å². The zero-order chi connectivity index (χ0) is 28.3. The molecular formula is C36H24N5OPt-. The standard InChI is InChI=1S/C36H24N5O.Pt/c42-32-21-7-6-19-30(32)36-39-34(26-13-2-1-3-14-26)38-35(40-36)27-16-10-17-28(24-27)41(33-22-8-9-23-37-33)31-20-11-15-25-12-4-5-18-29(25)31;/h1-23,42H;/q-1;. The molecule has 0 fully saturated rings. The number of benzene rings is 5. The van der Waals surface area contributed by atoms with Crippen molar-refractivity contribution in [1.82, 2.24) is 19.9 Å². The number of phenols is 1. The summed E-state index contributed by atoms with van der Waals surface area (Å²) in [4.78, 5) is 21.2. The fourth-order valence-electron chi connectivity index (χ4n) is 4.98. The van der Waals surface area contributed by atoms with Crippen molar-refractivity contribution < 1.29 is 26.2 Å². The van der Waals surface area contributed by atoms with E-state index in [1.165, 1.54) is 0 Å². The monoisotopic (exact) mass is 737 g/mol. The van der Waals surface area contributed by atoms with Gasteiger partial charge in [-0.15, -0.1) is 29.8 Å². The van der Waals surface area contributed by atoms with Gasteiger partial charge < -0.3 is 10.0 Å². The summed E-state index contributed by atoms with van der Waals surface area (Å²) < 4.78 is 0. The van der Waals surface area contributed by atoms with Gasteiger partial charge in [-0.1, -0.05) is 84.9 Å². The SMILES string of the molecule is Oc1ccccc1-c1nc(-c2[c-]c(N(c3ccccn3)c3cccc4ccccc34)ccc2)nc(-c2ccccc2)n1.[Pt]. The van der Waals surface area contributed by atoms with E-state index in [1.54, 1.807) is 24.4 Å². The molecule has 2 aromatic heterocycles. The maximum absolute atomic E-state index is 10.6. The van der Waals surface area contributed by atoms with Crippen LogP contribution in [0, 0.1) is 6.07 Å². The second kappa shape index (κ2) is 12.4. The summed E-state index contributed by atoms with van der Waals surface area (Å²) in [5.41, 5.74) is 3.83. The van der Waals surface area contributed by atoms with Gasteiger partial charge in [0.25, 0.3) is 0 Å². The Morgan fingerprint density at radius 1 is 0.581 bits per heavy atom. The zero-order valence-corrected chi connectivity index (χ0v) is 25.1. The van der Waals surface area contributed by atoms with Crippen LogP contribution < -0.4 is 4.90 Å². The van der Waals surface area contributed by atoms with Crippen molar-refractivity contribution in [2.45, 2.75) is 0 Å². The number of rotatable bonds is 6. The third kappa shape index (κ3) is 5.65. The predicted molar refractivity (Wildman–Crippen MR) is 167 cm³/mol. The summed E-state index contributed by atoms with van der Waals surface area (Å²) in [6.45, 7) is 0. The Labute approximate surface area is 263 Å². The van der Waals surface area contributed by atoms with Crippen LogP contribution in [-0.2, 0) is 21.1 Å². The van der Waals surface area contributed by atoms with Crippen LogP contribution in [0.15, 0.2) is 140 Å². The topological polar surface area (TPSA) is 75.0 Å². The molecule has 7 rings (SSSR count). The molecule has 1 N–H and O–H groups in total. The van der Waals surface area contributed by atoms with Gasteiger partial charge in [-0.05, 0) is 41.4 Å². The smallest absolute Gasteiger partial charge is 0.158 e. The zero-order valence-electron chi connectivity index (χ0n) is 22.8. The molecule has 0 spiro atoms. The second-order valence-corrected chi connectivity index (χ2v) is 9.66. The van der Waals surface area contributed by atoms with Gasteiger partial charge in [0.1, 0.15) is 11.6 Å². The van der Waals surface area contributed by atoms with Gasteiger partial charge >= 0.3 is 0 Å². The van der Waals surface area contributed by atoms with Crippen molar-refractivity contribution in [2.24, 2.45) is 0 Å². The van der Waals surface area contributed by atoms with Gasteiger partial charge in [-0.2, -0.15) is 0 Å². The molecule has 43 heavy (non-hydrogen) atoms. The minimum absolute atomic E-state index is 0. The van der Waals surface area contributed by atoms with E-state index in [-0.39, 0.29) is 26.8 Å². The van der Waals surface area contributed by atoms with Gasteiger partial charge in [-0.25, -0.2) is 9.97 Å². The van der Waals surface area contributed by atoms with E-state index in [4.69, 9.17) is 19.9 Å². The van der Waals surface area contributed by atoms with Crippen LogP contribution in [0.3, 0.4) is 0 Å². The van der Waals surface area contributed by atoms with Gasteiger partial charge in [-0.3, -0.25) is 9.97 Å². The fraction of sp³-hybridized carbons (Fsp3) is 0. The Hall–Kier alpha value is -5.19. The van der Waals surface area contributed by atoms with Gasteiger partial charge in [0.05, 0.1) is 17.1 Å². The van der Waals surface area contributed by atoms with E-state index in [2.05, 4.69) is 35.2 Å². The summed E-state index contributed by atoms with van der Waals surface area (Å²) in [6, 6.07) is 46.7. The van der Waals surface area contributed by atoms with Crippen molar-refractivity contribution in [3.63, 3.8) is 0 Å². The second-order valence-electron chi connectivity index (χ2n) is 9.66. The average molecular weight is 738 g/mol. The Bertz CT molecular complexity index is 2010. The van der Waals surface area contributed by atoms with Gasteiger partial charge in [0.15, 0.2) is 11.6 Å². The molecule has 6 nitrogen and oxygen atoms in total. The summed E-state index contributed by atoms with van der Waals surface area (Å²) in [6.07, 6.45) is 1.79. The molecule has 2 heterocycles. The van der Waals surface area contributed by atoms with Crippen LogP contribution in [0.2, 0.25) is 0 Å². The van der Waals surface area contributed by atoms with Crippen molar-refractivity contribution >= 4 is 28.0 Å². The molecule has 0 amide bonds. The number of aromatic hydroxyl groups is 1. The molecule has 0 bridgehead atoms. The van der Waals surface area contributed by atoms with E-state index in [0.717, 1.165) is 33.5 Å². The normalized spacial score (nSPS) is 10.7. The minimum atomic E-state index is 0. The van der Waals surface area contributed by atoms with Crippen LogP contribution in [0.25, 0.3) is 44.9 Å². The van der Waals surface area contributed by atoms with Crippen LogP contribution in [0.1, 0.15) is 0 Å². The first-order valence-corrected chi connectivity index (χ1v) is 13.6.